The summed E-state index contributed by atoms with van der Waals surface area (Å²) in [7, 11) is 1.98. The van der Waals surface area contributed by atoms with Crippen molar-refractivity contribution in [2.45, 2.75) is 58.5 Å². The molecule has 1 fully saturated rings. The van der Waals surface area contributed by atoms with Crippen molar-refractivity contribution < 1.29 is 19.0 Å². The number of nitrogens with zero attached hydrogens (tertiary/aromatic N) is 1. The van der Waals surface area contributed by atoms with Gasteiger partial charge in [-0.05, 0) is 37.6 Å². The number of carbonyl (C=O) groups is 1. The molecular formula is C26H37NO4. The first kappa shape index (κ1) is 25.1. The maximum absolute atomic E-state index is 12.7. The molecular weight excluding hydrogens is 390 g/mol. The van der Waals surface area contributed by atoms with Gasteiger partial charge in [0.05, 0.1) is 26.4 Å². The third-order valence-corrected chi connectivity index (χ3v) is 5.16. The zero-order valence-electron chi connectivity index (χ0n) is 19.2. The number of likely N-dealkylation sites (tertiary alicyclic amines) is 1. The Morgan fingerprint density at radius 2 is 1.42 bits per heavy atom. The Hall–Kier alpha value is -2.21. The van der Waals surface area contributed by atoms with Crippen LogP contribution in [0.25, 0.3) is 0 Å². The van der Waals surface area contributed by atoms with Crippen LogP contribution in [-0.2, 0) is 32.2 Å². The van der Waals surface area contributed by atoms with E-state index < -0.39 is 6.10 Å². The molecule has 1 atom stereocenters. The minimum Gasteiger partial charge on any atom is -0.456 e. The van der Waals surface area contributed by atoms with E-state index in [1.165, 1.54) is 0 Å². The van der Waals surface area contributed by atoms with Gasteiger partial charge in [0, 0.05) is 0 Å². The summed E-state index contributed by atoms with van der Waals surface area (Å²) in [5, 5.41) is 0. The normalized spacial score (nSPS) is 16.5. The predicted molar refractivity (Wildman–Crippen MR) is 124 cm³/mol. The van der Waals surface area contributed by atoms with Crippen LogP contribution in [0.4, 0.5) is 0 Å². The Balaban J connectivity index is 0.00000166. The molecule has 5 nitrogen and oxygen atoms in total. The number of ether oxygens (including phenoxy) is 3. The van der Waals surface area contributed by atoms with Gasteiger partial charge in [-0.1, -0.05) is 80.9 Å². The molecule has 0 bridgehead atoms. The number of hydrogen-bond donors (Lipinski definition) is 0. The highest BCUT2D eigenvalue weighted by Crippen LogP contribution is 2.17. The number of likely N-dealkylation sites (N-methyl/N-ethyl adjacent to an activating group) is 1. The van der Waals surface area contributed by atoms with Crippen LogP contribution in [0.3, 0.4) is 0 Å². The predicted octanol–water partition coefficient (Wildman–Crippen LogP) is 4.84. The van der Waals surface area contributed by atoms with Gasteiger partial charge in [0.15, 0.2) is 0 Å². The molecule has 0 radical (unpaired) electrons. The van der Waals surface area contributed by atoms with Gasteiger partial charge in [-0.2, -0.15) is 0 Å². The first-order chi connectivity index (χ1) is 15.2. The molecule has 2 aromatic carbocycles. The van der Waals surface area contributed by atoms with Crippen molar-refractivity contribution in [3.63, 3.8) is 0 Å². The van der Waals surface area contributed by atoms with Crippen molar-refractivity contribution in [1.29, 1.82) is 0 Å². The van der Waals surface area contributed by atoms with Crippen LogP contribution in [0.2, 0.25) is 0 Å². The van der Waals surface area contributed by atoms with Crippen molar-refractivity contribution in [1.82, 2.24) is 4.90 Å². The highest BCUT2D eigenvalue weighted by Gasteiger charge is 2.29. The first-order valence-corrected chi connectivity index (χ1v) is 11.4. The fourth-order valence-corrected chi connectivity index (χ4v) is 3.50. The van der Waals surface area contributed by atoms with Crippen LogP contribution >= 0.6 is 0 Å². The quantitative estimate of drug-likeness (QED) is 0.508. The summed E-state index contributed by atoms with van der Waals surface area (Å²) in [5.74, 6) is -0.177. The number of carbonyl (C=O) groups excluding carboxylic acids is 1. The maximum Gasteiger partial charge on any atom is 0.323 e. The highest BCUT2D eigenvalue weighted by molar-refractivity contribution is 5.76. The van der Waals surface area contributed by atoms with Gasteiger partial charge < -0.3 is 14.2 Å². The summed E-state index contributed by atoms with van der Waals surface area (Å²) in [5.41, 5.74) is 2.18. The molecule has 0 saturated carbocycles. The van der Waals surface area contributed by atoms with E-state index in [0.717, 1.165) is 36.9 Å². The maximum atomic E-state index is 12.7. The Bertz CT molecular complexity index is 677. The minimum atomic E-state index is -0.426. The van der Waals surface area contributed by atoms with Gasteiger partial charge in [0.2, 0.25) is 0 Å². The summed E-state index contributed by atoms with van der Waals surface area (Å²) in [6, 6.07) is 19.8. The van der Waals surface area contributed by atoms with E-state index in [-0.39, 0.29) is 12.0 Å². The van der Waals surface area contributed by atoms with Crippen LogP contribution in [-0.4, -0.2) is 49.8 Å². The van der Waals surface area contributed by atoms with E-state index in [2.05, 4.69) is 4.90 Å². The van der Waals surface area contributed by atoms with Crippen molar-refractivity contribution in [3.05, 3.63) is 71.8 Å². The number of piperidine rings is 1. The summed E-state index contributed by atoms with van der Waals surface area (Å²) in [6.45, 7) is 6.52. The molecule has 0 unspecified atom stereocenters. The van der Waals surface area contributed by atoms with E-state index in [1.54, 1.807) is 0 Å². The number of rotatable bonds is 10. The summed E-state index contributed by atoms with van der Waals surface area (Å²) >= 11 is 0. The summed E-state index contributed by atoms with van der Waals surface area (Å²) < 4.78 is 17.5. The van der Waals surface area contributed by atoms with Gasteiger partial charge in [-0.3, -0.25) is 9.69 Å². The van der Waals surface area contributed by atoms with E-state index in [9.17, 15) is 4.79 Å². The highest BCUT2D eigenvalue weighted by atomic mass is 16.6. The average Bonchev–Trinajstić information content (AvgIpc) is 2.82. The fraction of sp³-hybridized carbons (Fsp3) is 0.500. The second-order valence-corrected chi connectivity index (χ2v) is 7.55. The molecule has 5 heteroatoms. The van der Waals surface area contributed by atoms with E-state index in [0.29, 0.717) is 26.4 Å². The number of hydrogen-bond acceptors (Lipinski definition) is 5. The Labute approximate surface area is 187 Å². The van der Waals surface area contributed by atoms with Gasteiger partial charge in [-0.15, -0.1) is 0 Å². The largest absolute Gasteiger partial charge is 0.456 e. The minimum absolute atomic E-state index is 0.172. The summed E-state index contributed by atoms with van der Waals surface area (Å²) in [6.07, 6.45) is 2.61. The average molecular weight is 428 g/mol. The lowest BCUT2D eigenvalue weighted by atomic mass is 10.0. The zero-order chi connectivity index (χ0) is 22.3. The standard InChI is InChI=1S/C24H31NO4.C2H6/c1-25-15-9-8-14-23(25)24(26)29-22(18-27-16-20-10-4-2-5-11-20)19-28-17-21-12-6-3-7-13-21;1-2/h2-7,10-13,22-23H,8-9,14-19H2,1H3;1-2H3/t23-;/m0./s1. The lowest BCUT2D eigenvalue weighted by molar-refractivity contribution is -0.163. The van der Waals surface area contributed by atoms with Crippen molar-refractivity contribution in [2.75, 3.05) is 26.8 Å². The van der Waals surface area contributed by atoms with Crippen molar-refractivity contribution in [3.8, 4) is 0 Å². The van der Waals surface area contributed by atoms with Gasteiger partial charge >= 0.3 is 5.97 Å². The topological polar surface area (TPSA) is 48.0 Å². The van der Waals surface area contributed by atoms with Gasteiger partial charge in [0.1, 0.15) is 12.1 Å². The van der Waals surface area contributed by atoms with E-state index in [1.807, 2.05) is 81.6 Å². The van der Waals surface area contributed by atoms with Crippen LogP contribution in [0.5, 0.6) is 0 Å². The fourth-order valence-electron chi connectivity index (χ4n) is 3.50. The third-order valence-electron chi connectivity index (χ3n) is 5.16. The van der Waals surface area contributed by atoms with Crippen LogP contribution in [0, 0.1) is 0 Å². The lowest BCUT2D eigenvalue weighted by Crippen LogP contribution is -2.45. The van der Waals surface area contributed by atoms with Crippen LogP contribution < -0.4 is 0 Å². The molecule has 0 amide bonds. The lowest BCUT2D eigenvalue weighted by Gasteiger charge is -2.31. The zero-order valence-corrected chi connectivity index (χ0v) is 19.2. The SMILES string of the molecule is CC.CN1CCCC[C@H]1C(=O)OC(COCc1ccccc1)COCc1ccccc1. The number of benzene rings is 2. The summed E-state index contributed by atoms with van der Waals surface area (Å²) in [4.78, 5) is 14.8. The Kier molecular flexibility index (Phi) is 11.9. The monoisotopic (exact) mass is 427 g/mol. The Morgan fingerprint density at radius 3 is 1.90 bits per heavy atom. The number of esters is 1. The molecule has 0 N–H and O–H groups in total. The molecule has 1 aliphatic rings. The molecule has 3 rings (SSSR count). The van der Waals surface area contributed by atoms with E-state index >= 15 is 0 Å². The molecule has 1 aliphatic heterocycles. The molecule has 31 heavy (non-hydrogen) atoms. The molecule has 1 saturated heterocycles. The third kappa shape index (κ3) is 9.21. The molecule has 0 spiro atoms. The molecule has 0 aromatic heterocycles. The van der Waals surface area contributed by atoms with Crippen molar-refractivity contribution >= 4 is 5.97 Å². The van der Waals surface area contributed by atoms with Crippen LogP contribution in [0.15, 0.2) is 60.7 Å². The van der Waals surface area contributed by atoms with Gasteiger partial charge in [-0.25, -0.2) is 0 Å². The molecule has 0 aliphatic carbocycles. The first-order valence-electron chi connectivity index (χ1n) is 11.4. The molecule has 1 heterocycles. The van der Waals surface area contributed by atoms with Gasteiger partial charge in [0.25, 0.3) is 0 Å². The molecule has 2 aromatic rings. The van der Waals surface area contributed by atoms with Crippen molar-refractivity contribution in [2.24, 2.45) is 0 Å². The second-order valence-electron chi connectivity index (χ2n) is 7.55. The molecule has 170 valence electrons. The smallest absolute Gasteiger partial charge is 0.323 e. The Morgan fingerprint density at radius 1 is 0.903 bits per heavy atom. The van der Waals surface area contributed by atoms with Crippen LogP contribution in [0.1, 0.15) is 44.2 Å². The van der Waals surface area contributed by atoms with E-state index in [4.69, 9.17) is 14.2 Å². The second kappa shape index (κ2) is 14.7.